The zero-order chi connectivity index (χ0) is 26.3. The van der Waals surface area contributed by atoms with E-state index in [2.05, 4.69) is 37.6 Å². The Morgan fingerprint density at radius 2 is 1.56 bits per heavy atom. The van der Waals surface area contributed by atoms with Crippen LogP contribution in [0.25, 0.3) is 0 Å². The molecule has 3 rings (SSSR count). The van der Waals surface area contributed by atoms with Crippen LogP contribution in [-0.2, 0) is 10.0 Å². The second kappa shape index (κ2) is 12.6. The number of hydrogen-bond acceptors (Lipinski definition) is 6. The highest BCUT2D eigenvalue weighted by molar-refractivity contribution is 7.89. The van der Waals surface area contributed by atoms with Gasteiger partial charge in [-0.2, -0.15) is 4.31 Å². The van der Waals surface area contributed by atoms with Crippen LogP contribution in [0.4, 0.5) is 11.4 Å². The number of ether oxygens (including phenoxy) is 2. The van der Waals surface area contributed by atoms with E-state index in [4.69, 9.17) is 9.47 Å². The van der Waals surface area contributed by atoms with E-state index in [1.165, 1.54) is 6.42 Å². The SMILES string of the molecule is COc1ccc(C=Nc2ccc(N3CCCCC3)c(S(=O)(=O)N(CC(C)C)CC(C)C)c2)cc1OC. The number of methoxy groups -OCH3 is 2. The number of sulfonamides is 1. The summed E-state index contributed by atoms with van der Waals surface area (Å²) in [6.45, 7) is 10.9. The average Bonchev–Trinajstić information content (AvgIpc) is 2.86. The van der Waals surface area contributed by atoms with Gasteiger partial charge in [-0.3, -0.25) is 4.99 Å². The number of nitrogens with zero attached hydrogens (tertiary/aromatic N) is 3. The molecule has 0 saturated carbocycles. The zero-order valence-electron chi connectivity index (χ0n) is 22.5. The molecule has 0 radical (unpaired) electrons. The maximum Gasteiger partial charge on any atom is 0.245 e. The molecule has 2 aromatic rings. The van der Waals surface area contributed by atoms with Crippen LogP contribution in [0.2, 0.25) is 0 Å². The third-order valence-electron chi connectivity index (χ3n) is 6.17. The minimum Gasteiger partial charge on any atom is -0.493 e. The molecule has 1 heterocycles. The van der Waals surface area contributed by atoms with E-state index in [9.17, 15) is 8.42 Å². The molecule has 0 bridgehead atoms. The molecule has 0 amide bonds. The van der Waals surface area contributed by atoms with Gasteiger partial charge in [-0.15, -0.1) is 0 Å². The largest absolute Gasteiger partial charge is 0.493 e. The minimum absolute atomic E-state index is 0.225. The van der Waals surface area contributed by atoms with Crippen molar-refractivity contribution in [1.29, 1.82) is 0 Å². The summed E-state index contributed by atoms with van der Waals surface area (Å²) in [6.07, 6.45) is 5.04. The molecule has 8 heteroatoms. The molecule has 7 nitrogen and oxygen atoms in total. The van der Waals surface area contributed by atoms with Crippen LogP contribution in [0.15, 0.2) is 46.3 Å². The second-order valence-corrected chi connectivity index (χ2v) is 12.1. The van der Waals surface area contributed by atoms with E-state index >= 15 is 0 Å². The van der Waals surface area contributed by atoms with Crippen molar-refractivity contribution < 1.29 is 17.9 Å². The number of hydrogen-bond donors (Lipinski definition) is 0. The summed E-state index contributed by atoms with van der Waals surface area (Å²) in [5, 5.41) is 0. The number of piperidine rings is 1. The fourth-order valence-corrected chi connectivity index (χ4v) is 6.49. The number of benzene rings is 2. The Labute approximate surface area is 217 Å². The minimum atomic E-state index is -3.72. The van der Waals surface area contributed by atoms with Gasteiger partial charge in [0.15, 0.2) is 11.5 Å². The molecular weight excluding hydrogens is 474 g/mol. The highest BCUT2D eigenvalue weighted by Gasteiger charge is 2.30. The predicted octanol–water partition coefficient (Wildman–Crippen LogP) is 5.75. The summed E-state index contributed by atoms with van der Waals surface area (Å²) in [6, 6.07) is 11.1. The molecule has 0 unspecified atom stereocenters. The topological polar surface area (TPSA) is 71.4 Å². The van der Waals surface area contributed by atoms with E-state index in [1.807, 2.05) is 30.3 Å². The first-order valence-corrected chi connectivity index (χ1v) is 14.2. The molecule has 0 N–H and O–H groups in total. The van der Waals surface area contributed by atoms with E-state index in [0.29, 0.717) is 35.2 Å². The Kier molecular flexibility index (Phi) is 9.79. The first-order chi connectivity index (χ1) is 17.1. The van der Waals surface area contributed by atoms with Crippen molar-refractivity contribution in [2.75, 3.05) is 45.3 Å². The fourth-order valence-electron chi connectivity index (χ4n) is 4.49. The summed E-state index contributed by atoms with van der Waals surface area (Å²) in [4.78, 5) is 7.18. The summed E-state index contributed by atoms with van der Waals surface area (Å²) in [5.41, 5.74) is 2.20. The van der Waals surface area contributed by atoms with Crippen molar-refractivity contribution in [2.45, 2.75) is 51.9 Å². The lowest BCUT2D eigenvalue weighted by molar-refractivity contribution is 0.333. The lowest BCUT2D eigenvalue weighted by Gasteiger charge is -2.32. The lowest BCUT2D eigenvalue weighted by atomic mass is 10.1. The van der Waals surface area contributed by atoms with Gasteiger partial charge in [0, 0.05) is 32.4 Å². The van der Waals surface area contributed by atoms with Gasteiger partial charge in [-0.05, 0) is 73.1 Å². The zero-order valence-corrected chi connectivity index (χ0v) is 23.3. The summed E-state index contributed by atoms with van der Waals surface area (Å²) in [7, 11) is -0.526. The van der Waals surface area contributed by atoms with Crippen molar-refractivity contribution in [1.82, 2.24) is 4.31 Å². The Balaban J connectivity index is 2.04. The van der Waals surface area contributed by atoms with Crippen molar-refractivity contribution in [3.05, 3.63) is 42.0 Å². The normalized spacial score (nSPS) is 14.9. The third-order valence-corrected chi connectivity index (χ3v) is 8.03. The van der Waals surface area contributed by atoms with Gasteiger partial charge in [0.25, 0.3) is 0 Å². The van der Waals surface area contributed by atoms with Gasteiger partial charge in [0.2, 0.25) is 10.0 Å². The summed E-state index contributed by atoms with van der Waals surface area (Å²) in [5.74, 6) is 1.71. The van der Waals surface area contributed by atoms with Crippen LogP contribution in [-0.4, -0.2) is 59.3 Å². The van der Waals surface area contributed by atoms with Crippen LogP contribution in [0, 0.1) is 11.8 Å². The molecule has 0 atom stereocenters. The monoisotopic (exact) mass is 515 g/mol. The maximum absolute atomic E-state index is 14.1. The van der Waals surface area contributed by atoms with Gasteiger partial charge in [-0.25, -0.2) is 8.42 Å². The van der Waals surface area contributed by atoms with Crippen LogP contribution in [0.5, 0.6) is 11.5 Å². The Hall–Kier alpha value is -2.58. The van der Waals surface area contributed by atoms with Gasteiger partial charge in [0.05, 0.1) is 25.6 Å². The molecule has 1 fully saturated rings. The van der Waals surface area contributed by atoms with Gasteiger partial charge in [-0.1, -0.05) is 27.7 Å². The Bertz CT molecular complexity index is 1130. The first kappa shape index (κ1) is 28.0. The van der Waals surface area contributed by atoms with Crippen molar-refractivity contribution in [3.63, 3.8) is 0 Å². The Morgan fingerprint density at radius 1 is 0.917 bits per heavy atom. The lowest BCUT2D eigenvalue weighted by Crippen LogP contribution is -2.38. The standard InChI is InChI=1S/C28H41N3O4S/c1-21(2)19-31(20-22(3)4)36(32,33)28-17-24(11-12-25(28)30-14-8-7-9-15-30)29-18-23-10-13-26(34-5)27(16-23)35-6/h10-13,16-18,21-22H,7-9,14-15,19-20H2,1-6H3. The van der Waals surface area contributed by atoms with Crippen LogP contribution in [0.1, 0.15) is 52.5 Å². The van der Waals surface area contributed by atoms with Crippen LogP contribution < -0.4 is 14.4 Å². The van der Waals surface area contributed by atoms with E-state index in [-0.39, 0.29) is 11.8 Å². The Morgan fingerprint density at radius 3 is 2.14 bits per heavy atom. The fraction of sp³-hybridized carbons (Fsp3) is 0.536. The van der Waals surface area contributed by atoms with Crippen molar-refractivity contribution in [3.8, 4) is 11.5 Å². The van der Waals surface area contributed by atoms with Gasteiger partial charge < -0.3 is 14.4 Å². The molecular formula is C28H41N3O4S. The predicted molar refractivity (Wildman–Crippen MR) is 148 cm³/mol. The number of anilines is 1. The highest BCUT2D eigenvalue weighted by Crippen LogP contribution is 2.34. The second-order valence-electron chi connectivity index (χ2n) is 10.2. The molecule has 36 heavy (non-hydrogen) atoms. The van der Waals surface area contributed by atoms with Gasteiger partial charge >= 0.3 is 0 Å². The highest BCUT2D eigenvalue weighted by atomic mass is 32.2. The van der Waals surface area contributed by atoms with E-state index in [1.54, 1.807) is 30.8 Å². The molecule has 1 saturated heterocycles. The summed E-state index contributed by atoms with van der Waals surface area (Å²) < 4.78 is 40.5. The molecule has 0 spiro atoms. The van der Waals surface area contributed by atoms with Crippen molar-refractivity contribution in [2.24, 2.45) is 16.8 Å². The molecule has 0 aliphatic carbocycles. The molecule has 198 valence electrons. The number of aliphatic imine (C=N–C) groups is 1. The van der Waals surface area contributed by atoms with E-state index in [0.717, 1.165) is 37.2 Å². The molecule has 1 aliphatic rings. The third kappa shape index (κ3) is 7.01. The van der Waals surface area contributed by atoms with Crippen LogP contribution >= 0.6 is 0 Å². The van der Waals surface area contributed by atoms with Gasteiger partial charge in [0.1, 0.15) is 4.90 Å². The smallest absolute Gasteiger partial charge is 0.245 e. The quantitative estimate of drug-likeness (QED) is 0.357. The molecule has 0 aromatic heterocycles. The van der Waals surface area contributed by atoms with Crippen molar-refractivity contribution >= 4 is 27.6 Å². The average molecular weight is 516 g/mol. The number of rotatable bonds is 11. The van der Waals surface area contributed by atoms with E-state index < -0.39 is 10.0 Å². The molecule has 2 aromatic carbocycles. The summed E-state index contributed by atoms with van der Waals surface area (Å²) >= 11 is 0. The maximum atomic E-state index is 14.1. The van der Waals surface area contributed by atoms with Crippen LogP contribution in [0.3, 0.4) is 0 Å². The first-order valence-electron chi connectivity index (χ1n) is 12.8. The molecule has 1 aliphatic heterocycles.